The van der Waals surface area contributed by atoms with Gasteiger partial charge < -0.3 is 5.11 Å². The Kier molecular flexibility index (Phi) is 7.25. The molecule has 7 nitrogen and oxygen atoms in total. The number of carbonyl (C=O) groups is 1. The number of anilines is 1. The molecule has 0 bridgehead atoms. The summed E-state index contributed by atoms with van der Waals surface area (Å²) in [6.45, 7) is 3.59. The zero-order valence-electron chi connectivity index (χ0n) is 18.3. The predicted octanol–water partition coefficient (Wildman–Crippen LogP) is 4.96. The third-order valence-corrected chi connectivity index (χ3v) is 6.11. The molecule has 11 heteroatoms. The van der Waals surface area contributed by atoms with E-state index < -0.39 is 21.5 Å². The van der Waals surface area contributed by atoms with E-state index in [2.05, 4.69) is 9.97 Å². The highest BCUT2D eigenvalue weighted by Crippen LogP contribution is 2.32. The highest BCUT2D eigenvalue weighted by molar-refractivity contribution is 7.93. The fourth-order valence-corrected chi connectivity index (χ4v) is 4.08. The summed E-state index contributed by atoms with van der Waals surface area (Å²) in [5, 5.41) is 9.61. The van der Waals surface area contributed by atoms with Crippen LogP contribution in [0.25, 0.3) is 11.1 Å². The number of sulfonamides is 1. The van der Waals surface area contributed by atoms with Gasteiger partial charge in [-0.1, -0.05) is 55.8 Å². The standard InChI is InChI=1S/C23H22F3N3O4S/c1-3-6-19-18(21(22(30)31)28-14(2)27-19)13-15-9-11-16(12-10-15)17-7-4-5-8-20(17)29-34(32,33)23(24,25)26/h4-5,7-12,29H,3,6,13H2,1-2H3,(H,30,31). The molecule has 2 N–H and O–H groups in total. The number of nitrogens with one attached hydrogen (secondary N) is 1. The normalized spacial score (nSPS) is 11.9. The van der Waals surface area contributed by atoms with Crippen molar-refractivity contribution in [1.82, 2.24) is 9.97 Å². The summed E-state index contributed by atoms with van der Waals surface area (Å²) in [6.07, 6.45) is 1.61. The average molecular weight is 494 g/mol. The topological polar surface area (TPSA) is 109 Å². The highest BCUT2D eigenvalue weighted by Gasteiger charge is 2.46. The molecule has 180 valence electrons. The minimum atomic E-state index is -5.58. The maximum absolute atomic E-state index is 12.8. The Labute approximate surface area is 194 Å². The SMILES string of the molecule is CCCc1nc(C)nc(C(=O)O)c1Cc1ccc(-c2ccccc2NS(=O)(=O)C(F)(F)F)cc1. The van der Waals surface area contributed by atoms with Crippen LogP contribution in [0.5, 0.6) is 0 Å². The van der Waals surface area contributed by atoms with Gasteiger partial charge in [-0.3, -0.25) is 4.72 Å². The van der Waals surface area contributed by atoms with Crippen LogP contribution in [-0.2, 0) is 22.9 Å². The van der Waals surface area contributed by atoms with Crippen molar-refractivity contribution in [3.05, 3.63) is 76.9 Å². The molecular formula is C23H22F3N3O4S. The first-order valence-corrected chi connectivity index (χ1v) is 11.8. The van der Waals surface area contributed by atoms with E-state index in [1.165, 1.54) is 18.2 Å². The van der Waals surface area contributed by atoms with E-state index in [0.717, 1.165) is 12.0 Å². The Hall–Kier alpha value is -3.47. The van der Waals surface area contributed by atoms with Gasteiger partial charge in [-0.25, -0.2) is 14.8 Å². The van der Waals surface area contributed by atoms with Gasteiger partial charge in [0.2, 0.25) is 0 Å². The van der Waals surface area contributed by atoms with Crippen molar-refractivity contribution in [1.29, 1.82) is 0 Å². The first kappa shape index (κ1) is 25.2. The molecule has 0 fully saturated rings. The van der Waals surface area contributed by atoms with Crippen molar-refractivity contribution in [3.63, 3.8) is 0 Å². The van der Waals surface area contributed by atoms with Gasteiger partial charge in [-0.2, -0.15) is 21.6 Å². The van der Waals surface area contributed by atoms with Crippen molar-refractivity contribution in [2.24, 2.45) is 0 Å². The molecule has 0 aliphatic rings. The Bertz CT molecular complexity index is 1310. The lowest BCUT2D eigenvalue weighted by molar-refractivity contribution is -0.0429. The summed E-state index contributed by atoms with van der Waals surface area (Å²) in [7, 11) is -5.58. The molecule has 0 unspecified atom stereocenters. The molecule has 0 atom stereocenters. The van der Waals surface area contributed by atoms with Gasteiger partial charge in [0.1, 0.15) is 5.82 Å². The molecule has 0 spiro atoms. The van der Waals surface area contributed by atoms with Crippen LogP contribution in [0.3, 0.4) is 0 Å². The van der Waals surface area contributed by atoms with Gasteiger partial charge in [0.25, 0.3) is 0 Å². The number of aromatic nitrogens is 2. The molecule has 3 aromatic rings. The fourth-order valence-electron chi connectivity index (χ4n) is 3.49. The van der Waals surface area contributed by atoms with Crippen LogP contribution < -0.4 is 4.72 Å². The lowest BCUT2D eigenvalue weighted by Gasteiger charge is -2.15. The predicted molar refractivity (Wildman–Crippen MR) is 121 cm³/mol. The van der Waals surface area contributed by atoms with E-state index in [-0.39, 0.29) is 23.4 Å². The fraction of sp³-hybridized carbons (Fsp3) is 0.261. The lowest BCUT2D eigenvalue weighted by atomic mass is 9.96. The molecule has 3 rings (SSSR count). The molecular weight excluding hydrogens is 471 g/mol. The summed E-state index contributed by atoms with van der Waals surface area (Å²) in [6, 6.07) is 12.4. The second-order valence-corrected chi connectivity index (χ2v) is 9.24. The average Bonchev–Trinajstić information content (AvgIpc) is 2.75. The van der Waals surface area contributed by atoms with Gasteiger partial charge in [0.05, 0.1) is 5.69 Å². The number of aromatic carboxylic acids is 1. The molecule has 0 radical (unpaired) electrons. The van der Waals surface area contributed by atoms with Crippen LogP contribution in [0.4, 0.5) is 18.9 Å². The third-order valence-electron chi connectivity index (χ3n) is 5.02. The van der Waals surface area contributed by atoms with E-state index in [1.54, 1.807) is 42.0 Å². The van der Waals surface area contributed by atoms with Crippen molar-refractivity contribution in [3.8, 4) is 11.1 Å². The molecule has 0 aliphatic carbocycles. The van der Waals surface area contributed by atoms with Crippen LogP contribution in [-0.4, -0.2) is 35.0 Å². The number of rotatable bonds is 8. The Balaban J connectivity index is 1.95. The molecule has 2 aromatic carbocycles. The van der Waals surface area contributed by atoms with Gasteiger partial charge in [0.15, 0.2) is 5.69 Å². The van der Waals surface area contributed by atoms with Crippen LogP contribution in [0.2, 0.25) is 0 Å². The van der Waals surface area contributed by atoms with Crippen molar-refractivity contribution in [2.45, 2.75) is 38.6 Å². The monoisotopic (exact) mass is 493 g/mol. The number of halogens is 3. The number of carboxylic acid groups (broad SMARTS) is 1. The van der Waals surface area contributed by atoms with E-state index in [1.807, 2.05) is 6.92 Å². The van der Waals surface area contributed by atoms with Crippen molar-refractivity contribution < 1.29 is 31.5 Å². The molecule has 0 aliphatic heterocycles. The van der Waals surface area contributed by atoms with Gasteiger partial charge >= 0.3 is 21.5 Å². The highest BCUT2D eigenvalue weighted by atomic mass is 32.2. The number of carboxylic acids is 1. The third kappa shape index (κ3) is 5.53. The van der Waals surface area contributed by atoms with Crippen LogP contribution in [0.15, 0.2) is 48.5 Å². The molecule has 34 heavy (non-hydrogen) atoms. The summed E-state index contributed by atoms with van der Waals surface area (Å²) in [4.78, 5) is 20.2. The molecule has 1 aromatic heterocycles. The minimum Gasteiger partial charge on any atom is -0.476 e. The summed E-state index contributed by atoms with van der Waals surface area (Å²) in [5.41, 5.74) is -3.07. The maximum Gasteiger partial charge on any atom is 0.516 e. The quantitative estimate of drug-likeness (QED) is 0.459. The Morgan fingerprint density at radius 3 is 2.29 bits per heavy atom. The van der Waals surface area contributed by atoms with Gasteiger partial charge in [0, 0.05) is 23.2 Å². The Morgan fingerprint density at radius 2 is 1.71 bits per heavy atom. The van der Waals surface area contributed by atoms with E-state index in [0.29, 0.717) is 29.1 Å². The number of alkyl halides is 3. The molecule has 0 saturated heterocycles. The second-order valence-electron chi connectivity index (χ2n) is 7.57. The van der Waals surface area contributed by atoms with Crippen LogP contribution >= 0.6 is 0 Å². The smallest absolute Gasteiger partial charge is 0.476 e. The molecule has 1 heterocycles. The number of hydrogen-bond acceptors (Lipinski definition) is 5. The number of nitrogens with zero attached hydrogens (tertiary/aromatic N) is 2. The minimum absolute atomic E-state index is 0.0630. The summed E-state index contributed by atoms with van der Waals surface area (Å²) in [5.74, 6) is -0.779. The number of benzene rings is 2. The maximum atomic E-state index is 12.8. The van der Waals surface area contributed by atoms with Crippen molar-refractivity contribution >= 4 is 21.7 Å². The van der Waals surface area contributed by atoms with E-state index in [4.69, 9.17) is 0 Å². The first-order chi connectivity index (χ1) is 15.9. The molecule has 0 saturated carbocycles. The molecule has 0 amide bonds. The summed E-state index contributed by atoms with van der Waals surface area (Å²) < 4.78 is 63.2. The largest absolute Gasteiger partial charge is 0.516 e. The Morgan fingerprint density at radius 1 is 1.06 bits per heavy atom. The summed E-state index contributed by atoms with van der Waals surface area (Å²) >= 11 is 0. The second kappa shape index (κ2) is 9.80. The lowest BCUT2D eigenvalue weighted by Crippen LogP contribution is -2.30. The van der Waals surface area contributed by atoms with Gasteiger partial charge in [-0.05, 0) is 30.5 Å². The van der Waals surface area contributed by atoms with Crippen LogP contribution in [0.1, 0.15) is 46.5 Å². The van der Waals surface area contributed by atoms with E-state index in [9.17, 15) is 31.5 Å². The number of aryl methyl sites for hydroxylation is 2. The number of para-hydroxylation sites is 1. The zero-order chi connectivity index (χ0) is 25.1. The van der Waals surface area contributed by atoms with Crippen molar-refractivity contribution in [2.75, 3.05) is 4.72 Å². The zero-order valence-corrected chi connectivity index (χ0v) is 19.2. The van der Waals surface area contributed by atoms with Gasteiger partial charge in [-0.15, -0.1) is 0 Å². The first-order valence-electron chi connectivity index (χ1n) is 10.3. The van der Waals surface area contributed by atoms with E-state index >= 15 is 0 Å². The van der Waals surface area contributed by atoms with Crippen LogP contribution in [0, 0.1) is 6.92 Å². The number of hydrogen-bond donors (Lipinski definition) is 2.